The molecule has 2 nitrogen and oxygen atoms in total. The van der Waals surface area contributed by atoms with E-state index in [-0.39, 0.29) is 0 Å². The average Bonchev–Trinajstić information content (AvgIpc) is 2.74. The molecule has 0 aliphatic carbocycles. The van der Waals surface area contributed by atoms with Crippen LogP contribution in [0.1, 0.15) is 16.8 Å². The number of nitrogens with zero attached hydrogens (tertiary/aromatic N) is 1. The molecule has 1 aromatic carbocycles. The highest BCUT2D eigenvalue weighted by Crippen LogP contribution is 2.39. The molecule has 1 aromatic heterocycles. The van der Waals surface area contributed by atoms with Crippen LogP contribution in [0.5, 0.6) is 0 Å². The number of nitrogens with one attached hydrogen (secondary N) is 1. The Morgan fingerprint density at radius 1 is 1.10 bits per heavy atom. The Kier molecular flexibility index (Phi) is 5.07. The number of fused-ring (bicyclic) bond motifs is 1. The topological polar surface area (TPSA) is 24.9 Å². The predicted octanol–water partition coefficient (Wildman–Crippen LogP) is 4.37. The van der Waals surface area contributed by atoms with Crippen LogP contribution < -0.4 is 5.32 Å². The molecule has 0 bridgehead atoms. The number of aromatic nitrogens is 1. The maximum atomic E-state index is 6.44. The van der Waals surface area contributed by atoms with Crippen LogP contribution in [0.15, 0.2) is 35.4 Å². The normalized spacial score (nSPS) is 14.6. The van der Waals surface area contributed by atoms with Gasteiger partial charge in [0.25, 0.3) is 0 Å². The number of halogens is 2. The van der Waals surface area contributed by atoms with Gasteiger partial charge in [0.1, 0.15) is 0 Å². The third-order valence-electron chi connectivity index (χ3n) is 3.59. The maximum Gasteiger partial charge on any atom is 0.0559 e. The molecule has 2 heterocycles. The number of hydrogen-bond acceptors (Lipinski definition) is 3. The van der Waals surface area contributed by atoms with E-state index in [4.69, 9.17) is 23.2 Å². The zero-order chi connectivity index (χ0) is 14.7. The Hall–Kier alpha value is -0.740. The van der Waals surface area contributed by atoms with E-state index < -0.39 is 0 Å². The zero-order valence-electron chi connectivity index (χ0n) is 11.5. The first-order valence-corrected chi connectivity index (χ1v) is 8.73. The summed E-state index contributed by atoms with van der Waals surface area (Å²) in [6, 6.07) is 7.86. The lowest BCUT2D eigenvalue weighted by Gasteiger charge is -2.15. The van der Waals surface area contributed by atoms with Gasteiger partial charge in [0.15, 0.2) is 0 Å². The fourth-order valence-electron chi connectivity index (χ4n) is 2.56. The third-order valence-corrected chi connectivity index (χ3v) is 5.53. The number of benzene rings is 1. The van der Waals surface area contributed by atoms with Crippen LogP contribution in [0.3, 0.4) is 0 Å². The predicted molar refractivity (Wildman–Crippen MR) is 90.5 cm³/mol. The minimum absolute atomic E-state index is 0.751. The van der Waals surface area contributed by atoms with Crippen molar-refractivity contribution in [2.45, 2.75) is 23.5 Å². The van der Waals surface area contributed by atoms with Crippen LogP contribution >= 0.6 is 35.0 Å². The Bertz CT molecular complexity index is 632. The summed E-state index contributed by atoms with van der Waals surface area (Å²) in [5.41, 5.74) is 3.61. The van der Waals surface area contributed by atoms with Crippen molar-refractivity contribution in [3.05, 3.63) is 57.3 Å². The van der Waals surface area contributed by atoms with E-state index in [2.05, 4.69) is 10.3 Å². The van der Waals surface area contributed by atoms with Gasteiger partial charge in [-0.05, 0) is 55.3 Å². The number of rotatable bonds is 3. The molecule has 0 atom stereocenters. The van der Waals surface area contributed by atoms with Gasteiger partial charge in [0, 0.05) is 21.9 Å². The number of hydrogen-bond donors (Lipinski definition) is 1. The summed E-state index contributed by atoms with van der Waals surface area (Å²) < 4.78 is 0. The fourth-order valence-corrected chi connectivity index (χ4v) is 4.38. The first kappa shape index (κ1) is 15.2. The minimum Gasteiger partial charge on any atom is -0.316 e. The molecule has 0 fully saturated rings. The SMILES string of the molecule is Clc1cc(Cl)c(SCc2ccccn2)c2c1CCNCC2. The summed E-state index contributed by atoms with van der Waals surface area (Å²) in [4.78, 5) is 5.53. The van der Waals surface area contributed by atoms with Crippen molar-refractivity contribution >= 4 is 35.0 Å². The molecular formula is C16H16Cl2N2S. The molecule has 0 spiro atoms. The van der Waals surface area contributed by atoms with Gasteiger partial charge in [0.05, 0.1) is 10.7 Å². The van der Waals surface area contributed by atoms with Crippen LogP contribution in [0.25, 0.3) is 0 Å². The molecule has 2 aromatic rings. The maximum absolute atomic E-state index is 6.44. The van der Waals surface area contributed by atoms with E-state index in [1.165, 1.54) is 11.1 Å². The third kappa shape index (κ3) is 3.54. The first-order valence-electron chi connectivity index (χ1n) is 6.99. The smallest absolute Gasteiger partial charge is 0.0559 e. The second-order valence-electron chi connectivity index (χ2n) is 4.99. The minimum atomic E-state index is 0.751. The van der Waals surface area contributed by atoms with Crippen molar-refractivity contribution in [2.75, 3.05) is 13.1 Å². The van der Waals surface area contributed by atoms with Crippen LogP contribution in [0.2, 0.25) is 10.0 Å². The van der Waals surface area contributed by atoms with Crippen molar-refractivity contribution < 1.29 is 0 Å². The fraction of sp³-hybridized carbons (Fsp3) is 0.312. The van der Waals surface area contributed by atoms with Crippen molar-refractivity contribution in [3.8, 4) is 0 Å². The molecule has 3 rings (SSSR count). The highest BCUT2D eigenvalue weighted by atomic mass is 35.5. The highest BCUT2D eigenvalue weighted by Gasteiger charge is 2.18. The largest absolute Gasteiger partial charge is 0.316 e. The molecule has 0 unspecified atom stereocenters. The van der Waals surface area contributed by atoms with Crippen LogP contribution in [0, 0.1) is 0 Å². The Morgan fingerprint density at radius 3 is 2.67 bits per heavy atom. The van der Waals surface area contributed by atoms with Crippen LogP contribution in [-0.4, -0.2) is 18.1 Å². The summed E-state index contributed by atoms with van der Waals surface area (Å²) in [6.45, 7) is 1.94. The van der Waals surface area contributed by atoms with Crippen molar-refractivity contribution in [2.24, 2.45) is 0 Å². The van der Waals surface area contributed by atoms with E-state index in [1.54, 1.807) is 11.8 Å². The second kappa shape index (κ2) is 7.01. The van der Waals surface area contributed by atoms with E-state index in [1.807, 2.05) is 30.5 Å². The lowest BCUT2D eigenvalue weighted by atomic mass is 10.0. The van der Waals surface area contributed by atoms with E-state index in [9.17, 15) is 0 Å². The van der Waals surface area contributed by atoms with E-state index in [0.29, 0.717) is 0 Å². The zero-order valence-corrected chi connectivity index (χ0v) is 13.9. The van der Waals surface area contributed by atoms with Crippen molar-refractivity contribution in [1.82, 2.24) is 10.3 Å². The molecule has 1 N–H and O–H groups in total. The van der Waals surface area contributed by atoms with Gasteiger partial charge in [-0.2, -0.15) is 0 Å². The molecule has 0 saturated carbocycles. The lowest BCUT2D eigenvalue weighted by molar-refractivity contribution is 0.709. The highest BCUT2D eigenvalue weighted by molar-refractivity contribution is 7.98. The van der Waals surface area contributed by atoms with Gasteiger partial charge in [-0.25, -0.2) is 0 Å². The van der Waals surface area contributed by atoms with Gasteiger partial charge in [0.2, 0.25) is 0 Å². The molecule has 0 saturated heterocycles. The summed E-state index contributed by atoms with van der Waals surface area (Å²) in [5.74, 6) is 0.821. The monoisotopic (exact) mass is 338 g/mol. The summed E-state index contributed by atoms with van der Waals surface area (Å²) in [5, 5.41) is 4.96. The van der Waals surface area contributed by atoms with Crippen LogP contribution in [-0.2, 0) is 18.6 Å². The summed E-state index contributed by atoms with van der Waals surface area (Å²) in [6.07, 6.45) is 3.76. The van der Waals surface area contributed by atoms with Crippen LogP contribution in [0.4, 0.5) is 0 Å². The van der Waals surface area contributed by atoms with Gasteiger partial charge >= 0.3 is 0 Å². The Balaban J connectivity index is 1.90. The average molecular weight is 339 g/mol. The molecule has 1 aliphatic rings. The lowest BCUT2D eigenvalue weighted by Crippen LogP contribution is -2.16. The number of pyridine rings is 1. The molecule has 1 aliphatic heterocycles. The quantitative estimate of drug-likeness (QED) is 0.841. The van der Waals surface area contributed by atoms with Gasteiger partial charge in [-0.3, -0.25) is 4.98 Å². The first-order chi connectivity index (χ1) is 10.3. The Labute approximate surface area is 139 Å². The summed E-state index contributed by atoms with van der Waals surface area (Å²) >= 11 is 14.6. The molecule has 0 amide bonds. The molecule has 5 heteroatoms. The van der Waals surface area contributed by atoms with Gasteiger partial charge in [-0.15, -0.1) is 11.8 Å². The molecule has 110 valence electrons. The Morgan fingerprint density at radius 2 is 1.90 bits per heavy atom. The van der Waals surface area contributed by atoms with Crippen molar-refractivity contribution in [1.29, 1.82) is 0 Å². The standard InChI is InChI=1S/C16H16Cl2N2S/c17-14-9-15(18)16(13-5-8-19-7-4-12(13)14)21-10-11-3-1-2-6-20-11/h1-3,6,9,19H,4-5,7-8,10H2. The summed E-state index contributed by atoms with van der Waals surface area (Å²) in [7, 11) is 0. The van der Waals surface area contributed by atoms with Crippen molar-refractivity contribution in [3.63, 3.8) is 0 Å². The van der Waals surface area contributed by atoms with E-state index >= 15 is 0 Å². The molecule has 21 heavy (non-hydrogen) atoms. The number of thioether (sulfide) groups is 1. The molecule has 0 radical (unpaired) electrons. The van der Waals surface area contributed by atoms with E-state index in [0.717, 1.165) is 52.3 Å². The van der Waals surface area contributed by atoms with Gasteiger partial charge < -0.3 is 5.32 Å². The van der Waals surface area contributed by atoms with Gasteiger partial charge in [-0.1, -0.05) is 29.3 Å². The second-order valence-corrected chi connectivity index (χ2v) is 6.79. The molecular weight excluding hydrogens is 323 g/mol.